The number of nitrogens with zero attached hydrogens (tertiary/aromatic N) is 3. The van der Waals surface area contributed by atoms with Crippen LogP contribution in [0.5, 0.6) is 0 Å². The molecule has 1 saturated heterocycles. The number of rotatable bonds is 7. The van der Waals surface area contributed by atoms with E-state index in [2.05, 4.69) is 10.3 Å². The van der Waals surface area contributed by atoms with Crippen LogP contribution in [-0.4, -0.2) is 54.5 Å². The Hall–Kier alpha value is -2.82. The molecule has 4 rings (SSSR count). The first-order valence-corrected chi connectivity index (χ1v) is 12.4. The van der Waals surface area contributed by atoms with Gasteiger partial charge in [-0.15, -0.1) is 0 Å². The van der Waals surface area contributed by atoms with E-state index < -0.39 is 15.8 Å². The maximum atomic E-state index is 14.0. The number of amides is 1. The van der Waals surface area contributed by atoms with Crippen LogP contribution in [0.3, 0.4) is 0 Å². The molecule has 10 heteroatoms. The number of carbonyl (C=O) groups excluding carboxylic acids is 1. The molecule has 0 atom stereocenters. The van der Waals surface area contributed by atoms with E-state index in [1.807, 2.05) is 11.5 Å². The minimum Gasteiger partial charge on any atom is -0.379 e. The lowest BCUT2D eigenvalue weighted by Gasteiger charge is -2.26. The molecule has 1 aromatic heterocycles. The second-order valence-electron chi connectivity index (χ2n) is 7.97. The van der Waals surface area contributed by atoms with Crippen LogP contribution in [0, 0.1) is 12.7 Å². The third kappa shape index (κ3) is 4.92. The smallest absolute Gasteiger partial charge is 0.243 e. The van der Waals surface area contributed by atoms with Gasteiger partial charge in [0, 0.05) is 32.5 Å². The van der Waals surface area contributed by atoms with E-state index in [1.165, 1.54) is 10.4 Å². The lowest BCUT2D eigenvalue weighted by Crippen LogP contribution is -2.40. The highest BCUT2D eigenvalue weighted by atomic mass is 32.2. The van der Waals surface area contributed by atoms with Gasteiger partial charge in [0.15, 0.2) is 0 Å². The van der Waals surface area contributed by atoms with Crippen molar-refractivity contribution in [2.75, 3.05) is 31.6 Å². The number of ether oxygens (including phenoxy) is 1. The molecule has 33 heavy (non-hydrogen) atoms. The second kappa shape index (κ2) is 9.58. The zero-order valence-electron chi connectivity index (χ0n) is 18.7. The van der Waals surface area contributed by atoms with E-state index >= 15 is 0 Å². The lowest BCUT2D eigenvalue weighted by atomic mass is 10.2. The van der Waals surface area contributed by atoms with E-state index in [1.54, 1.807) is 37.3 Å². The van der Waals surface area contributed by atoms with Crippen LogP contribution in [0.15, 0.2) is 41.3 Å². The van der Waals surface area contributed by atoms with Crippen molar-refractivity contribution in [3.05, 3.63) is 53.6 Å². The first-order chi connectivity index (χ1) is 15.8. The number of aromatic nitrogens is 2. The number of morpholine rings is 1. The normalized spacial score (nSPS) is 15.1. The van der Waals surface area contributed by atoms with Crippen molar-refractivity contribution in [3.8, 4) is 0 Å². The molecule has 3 aromatic rings. The van der Waals surface area contributed by atoms with Gasteiger partial charge in [0.05, 0.1) is 34.8 Å². The molecule has 1 amide bonds. The highest BCUT2D eigenvalue weighted by molar-refractivity contribution is 7.89. The summed E-state index contributed by atoms with van der Waals surface area (Å²) in [4.78, 5) is 17.2. The average Bonchev–Trinajstić information content (AvgIpc) is 3.17. The van der Waals surface area contributed by atoms with Crippen molar-refractivity contribution in [2.45, 2.75) is 38.1 Å². The molecule has 2 heterocycles. The maximum absolute atomic E-state index is 14.0. The monoisotopic (exact) mass is 474 g/mol. The number of carbonyl (C=O) groups is 1. The van der Waals surface area contributed by atoms with E-state index in [9.17, 15) is 17.6 Å². The minimum absolute atomic E-state index is 0.121. The predicted octanol–water partition coefficient (Wildman–Crippen LogP) is 3.10. The van der Waals surface area contributed by atoms with E-state index in [0.29, 0.717) is 50.6 Å². The van der Waals surface area contributed by atoms with Crippen molar-refractivity contribution in [1.29, 1.82) is 0 Å². The Kier molecular flexibility index (Phi) is 6.78. The summed E-state index contributed by atoms with van der Waals surface area (Å²) in [5, 5.41) is 2.60. The van der Waals surface area contributed by atoms with Crippen molar-refractivity contribution < 1.29 is 22.3 Å². The molecule has 0 aliphatic carbocycles. The predicted molar refractivity (Wildman–Crippen MR) is 123 cm³/mol. The molecular weight excluding hydrogens is 447 g/mol. The minimum atomic E-state index is -3.63. The van der Waals surface area contributed by atoms with Crippen molar-refractivity contribution in [3.63, 3.8) is 0 Å². The molecule has 0 bridgehead atoms. The third-order valence-corrected chi connectivity index (χ3v) is 7.59. The zero-order valence-corrected chi connectivity index (χ0v) is 19.5. The number of hydrogen-bond acceptors (Lipinski definition) is 5. The Balaban J connectivity index is 1.52. The van der Waals surface area contributed by atoms with Crippen LogP contribution < -0.4 is 5.32 Å². The SMILES string of the molecule is CCn1c(CCC(=O)Nc2ccc(C)cc2F)nc2cc(S(=O)(=O)N3CCOCC3)ccc21. The Morgan fingerprint density at radius 3 is 2.64 bits per heavy atom. The first kappa shape index (κ1) is 23.3. The molecular formula is C23H27FN4O4S. The first-order valence-electron chi connectivity index (χ1n) is 10.9. The van der Waals surface area contributed by atoms with Gasteiger partial charge in [-0.3, -0.25) is 4.79 Å². The number of anilines is 1. The standard InChI is InChI=1S/C23H27FN4O4S/c1-3-28-21-7-5-17(33(30,31)27-10-12-32-13-11-27)15-20(21)25-22(28)8-9-23(29)26-19-6-4-16(2)14-18(19)24/h4-7,14-15H,3,8-13H2,1-2H3,(H,26,29). The van der Waals surface area contributed by atoms with Crippen LogP contribution in [0.4, 0.5) is 10.1 Å². The van der Waals surface area contributed by atoms with Gasteiger partial charge in [0.1, 0.15) is 11.6 Å². The zero-order chi connectivity index (χ0) is 23.6. The third-order valence-electron chi connectivity index (χ3n) is 5.70. The molecule has 0 radical (unpaired) electrons. The van der Waals surface area contributed by atoms with Crippen LogP contribution in [0.25, 0.3) is 11.0 Å². The fourth-order valence-corrected chi connectivity index (χ4v) is 5.39. The molecule has 176 valence electrons. The number of fused-ring (bicyclic) bond motifs is 1. The number of nitrogens with one attached hydrogen (secondary N) is 1. The van der Waals surface area contributed by atoms with Gasteiger partial charge >= 0.3 is 0 Å². The summed E-state index contributed by atoms with van der Waals surface area (Å²) in [7, 11) is -3.63. The summed E-state index contributed by atoms with van der Waals surface area (Å²) in [5.74, 6) is -0.117. The topological polar surface area (TPSA) is 93.5 Å². The summed E-state index contributed by atoms with van der Waals surface area (Å²) in [6.45, 7) is 5.77. The lowest BCUT2D eigenvalue weighted by molar-refractivity contribution is -0.116. The summed E-state index contributed by atoms with van der Waals surface area (Å²) in [5.41, 5.74) is 2.29. The van der Waals surface area contributed by atoms with Gasteiger partial charge in [-0.2, -0.15) is 4.31 Å². The molecule has 0 saturated carbocycles. The Morgan fingerprint density at radius 1 is 1.18 bits per heavy atom. The van der Waals surface area contributed by atoms with Crippen molar-refractivity contribution in [1.82, 2.24) is 13.9 Å². The Labute approximate surface area is 192 Å². The van der Waals surface area contributed by atoms with Crippen LogP contribution in [-0.2, 0) is 32.5 Å². The van der Waals surface area contributed by atoms with Crippen LogP contribution in [0.2, 0.25) is 0 Å². The molecule has 1 aliphatic rings. The van der Waals surface area contributed by atoms with E-state index in [4.69, 9.17) is 4.74 Å². The van der Waals surface area contributed by atoms with Crippen LogP contribution in [0.1, 0.15) is 24.7 Å². The quantitative estimate of drug-likeness (QED) is 0.568. The number of imidazole rings is 1. The molecule has 1 aliphatic heterocycles. The highest BCUT2D eigenvalue weighted by Crippen LogP contribution is 2.24. The summed E-state index contributed by atoms with van der Waals surface area (Å²) < 4.78 is 48.6. The molecule has 0 spiro atoms. The molecule has 1 fully saturated rings. The molecule has 2 aromatic carbocycles. The van der Waals surface area contributed by atoms with Crippen molar-refractivity contribution >= 4 is 32.7 Å². The van der Waals surface area contributed by atoms with Gasteiger partial charge in [-0.25, -0.2) is 17.8 Å². The average molecular weight is 475 g/mol. The fourth-order valence-electron chi connectivity index (χ4n) is 3.96. The Bertz CT molecular complexity index is 1280. The summed E-state index contributed by atoms with van der Waals surface area (Å²) in [6, 6.07) is 9.58. The highest BCUT2D eigenvalue weighted by Gasteiger charge is 2.27. The Morgan fingerprint density at radius 2 is 1.94 bits per heavy atom. The van der Waals surface area contributed by atoms with Gasteiger partial charge in [-0.1, -0.05) is 6.07 Å². The number of sulfonamides is 1. The molecule has 1 N–H and O–H groups in total. The number of hydrogen-bond donors (Lipinski definition) is 1. The maximum Gasteiger partial charge on any atom is 0.243 e. The fraction of sp³-hybridized carbons (Fsp3) is 0.391. The van der Waals surface area contributed by atoms with Crippen LogP contribution >= 0.6 is 0 Å². The van der Waals surface area contributed by atoms with Gasteiger partial charge < -0.3 is 14.6 Å². The van der Waals surface area contributed by atoms with Gasteiger partial charge in [0.25, 0.3) is 0 Å². The summed E-state index contributed by atoms with van der Waals surface area (Å²) >= 11 is 0. The summed E-state index contributed by atoms with van der Waals surface area (Å²) in [6.07, 6.45) is 0.461. The second-order valence-corrected chi connectivity index (χ2v) is 9.91. The molecule has 0 unspecified atom stereocenters. The number of benzene rings is 2. The van der Waals surface area contributed by atoms with E-state index in [0.717, 1.165) is 11.1 Å². The van der Waals surface area contributed by atoms with Gasteiger partial charge in [0.2, 0.25) is 15.9 Å². The molecule has 8 nitrogen and oxygen atoms in total. The number of halogens is 1. The number of aryl methyl sites for hydroxylation is 3. The van der Waals surface area contributed by atoms with Gasteiger partial charge in [-0.05, 0) is 49.7 Å². The van der Waals surface area contributed by atoms with E-state index in [-0.39, 0.29) is 22.9 Å². The van der Waals surface area contributed by atoms with Crippen molar-refractivity contribution in [2.24, 2.45) is 0 Å². The largest absolute Gasteiger partial charge is 0.379 e.